The van der Waals surface area contributed by atoms with E-state index < -0.39 is 6.41 Å². The Bertz CT molecular complexity index is 800. The Labute approximate surface area is 176 Å². The van der Waals surface area contributed by atoms with Gasteiger partial charge in [-0.1, -0.05) is 60.7 Å². The summed E-state index contributed by atoms with van der Waals surface area (Å²) in [5.41, 5.74) is 10.6. The number of nitrogens with one attached hydrogen (secondary N) is 1. The second-order valence-corrected chi connectivity index (χ2v) is 8.18. The number of aliphatic hydroxyl groups excluding tert-OH is 1. The van der Waals surface area contributed by atoms with Gasteiger partial charge in [0.2, 0.25) is 6.41 Å². The normalized spacial score (nSPS) is 14.4. The van der Waals surface area contributed by atoms with Gasteiger partial charge in [-0.05, 0) is 36.8 Å². The molecule has 154 valence electrons. The van der Waals surface area contributed by atoms with E-state index in [0.717, 1.165) is 30.6 Å². The molecule has 0 saturated heterocycles. The third kappa shape index (κ3) is 8.04. The van der Waals surface area contributed by atoms with E-state index in [9.17, 15) is 5.11 Å². The number of nitrogens with two attached hydrogens (primary N) is 1. The molecule has 0 bridgehead atoms. The van der Waals surface area contributed by atoms with Gasteiger partial charge in [0, 0.05) is 18.3 Å². The number of nitrogens with zero attached hydrogens (tertiary/aromatic N) is 1. The van der Waals surface area contributed by atoms with Gasteiger partial charge in [-0.2, -0.15) is 0 Å². The molecule has 1 unspecified atom stereocenters. The van der Waals surface area contributed by atoms with Crippen LogP contribution in [0.2, 0.25) is 0 Å². The van der Waals surface area contributed by atoms with E-state index in [2.05, 4.69) is 34.6 Å². The summed E-state index contributed by atoms with van der Waals surface area (Å²) in [6, 6.07) is 20.7. The van der Waals surface area contributed by atoms with Crippen LogP contribution in [0.4, 0.5) is 0 Å². The molecular weight excluding hydrogens is 382 g/mol. The molecule has 2 aromatic carbocycles. The van der Waals surface area contributed by atoms with E-state index in [-0.39, 0.29) is 12.1 Å². The topological polar surface area (TPSA) is 80.4 Å². The smallest absolute Gasteiger partial charge is 0.214 e. The summed E-state index contributed by atoms with van der Waals surface area (Å²) in [4.78, 5) is 5.00. The SMILES string of the molecule is N[C@@H](CC[C@@H](Cc1ccccc1)NC(O)OCc1cncs1)Cc1ccccc1. The van der Waals surface area contributed by atoms with Crippen LogP contribution in [0.1, 0.15) is 28.8 Å². The minimum Gasteiger partial charge on any atom is -0.356 e. The Kier molecular flexibility index (Phi) is 8.80. The lowest BCUT2D eigenvalue weighted by Crippen LogP contribution is -2.42. The van der Waals surface area contributed by atoms with Gasteiger partial charge in [0.05, 0.1) is 17.0 Å². The second-order valence-electron chi connectivity index (χ2n) is 7.21. The molecule has 0 amide bonds. The Morgan fingerprint density at radius 1 is 0.966 bits per heavy atom. The highest BCUT2D eigenvalue weighted by Crippen LogP contribution is 2.13. The maximum absolute atomic E-state index is 10.3. The summed E-state index contributed by atoms with van der Waals surface area (Å²) in [7, 11) is 0. The molecule has 0 aliphatic heterocycles. The summed E-state index contributed by atoms with van der Waals surface area (Å²) in [6.07, 6.45) is 4.09. The van der Waals surface area contributed by atoms with Crippen LogP contribution in [0.25, 0.3) is 0 Å². The average molecular weight is 412 g/mol. The molecule has 0 spiro atoms. The number of aliphatic hydroxyl groups is 1. The number of hydrogen-bond donors (Lipinski definition) is 3. The molecule has 0 aliphatic rings. The van der Waals surface area contributed by atoms with Crippen LogP contribution in [-0.4, -0.2) is 28.6 Å². The van der Waals surface area contributed by atoms with Crippen molar-refractivity contribution in [2.75, 3.05) is 0 Å². The second kappa shape index (κ2) is 11.8. The lowest BCUT2D eigenvalue weighted by molar-refractivity contribution is -0.134. The van der Waals surface area contributed by atoms with Crippen LogP contribution in [-0.2, 0) is 24.2 Å². The lowest BCUT2D eigenvalue weighted by atomic mass is 9.96. The fourth-order valence-corrected chi connectivity index (χ4v) is 3.82. The van der Waals surface area contributed by atoms with Crippen molar-refractivity contribution in [3.05, 3.63) is 88.4 Å². The van der Waals surface area contributed by atoms with E-state index in [1.54, 1.807) is 11.7 Å². The predicted octanol–water partition coefficient (Wildman–Crippen LogP) is 3.49. The van der Waals surface area contributed by atoms with Gasteiger partial charge >= 0.3 is 0 Å². The fourth-order valence-electron chi connectivity index (χ4n) is 3.30. The zero-order chi connectivity index (χ0) is 20.3. The molecule has 3 aromatic rings. The van der Waals surface area contributed by atoms with Crippen molar-refractivity contribution in [3.8, 4) is 0 Å². The zero-order valence-corrected chi connectivity index (χ0v) is 17.3. The van der Waals surface area contributed by atoms with Crippen molar-refractivity contribution in [2.45, 2.75) is 50.8 Å². The van der Waals surface area contributed by atoms with Gasteiger partial charge in [0.1, 0.15) is 0 Å². The highest BCUT2D eigenvalue weighted by molar-refractivity contribution is 7.09. The van der Waals surface area contributed by atoms with Gasteiger partial charge in [-0.25, -0.2) is 0 Å². The van der Waals surface area contributed by atoms with Gasteiger partial charge in [-0.15, -0.1) is 11.3 Å². The summed E-state index contributed by atoms with van der Waals surface area (Å²) in [5.74, 6) is 0. The quantitative estimate of drug-likeness (QED) is 0.398. The molecule has 3 rings (SSSR count). The number of ether oxygens (including phenoxy) is 1. The Morgan fingerprint density at radius 2 is 1.62 bits per heavy atom. The summed E-state index contributed by atoms with van der Waals surface area (Å²) >= 11 is 1.51. The number of benzene rings is 2. The van der Waals surface area contributed by atoms with Gasteiger partial charge in [0.15, 0.2) is 0 Å². The minimum atomic E-state index is -1.03. The Hall–Kier alpha value is -2.09. The molecule has 1 aromatic heterocycles. The number of thiazole rings is 1. The van der Waals surface area contributed by atoms with Crippen LogP contribution < -0.4 is 11.1 Å². The van der Waals surface area contributed by atoms with Crippen molar-refractivity contribution in [3.63, 3.8) is 0 Å². The molecule has 1 heterocycles. The Morgan fingerprint density at radius 3 is 2.24 bits per heavy atom. The molecule has 3 atom stereocenters. The van der Waals surface area contributed by atoms with Crippen molar-refractivity contribution in [1.82, 2.24) is 10.3 Å². The van der Waals surface area contributed by atoms with E-state index in [1.165, 1.54) is 22.5 Å². The molecule has 0 radical (unpaired) electrons. The summed E-state index contributed by atoms with van der Waals surface area (Å²) in [5, 5.41) is 13.5. The van der Waals surface area contributed by atoms with Crippen LogP contribution in [0.3, 0.4) is 0 Å². The maximum atomic E-state index is 10.3. The van der Waals surface area contributed by atoms with Crippen molar-refractivity contribution < 1.29 is 9.84 Å². The third-order valence-electron chi connectivity index (χ3n) is 4.80. The summed E-state index contributed by atoms with van der Waals surface area (Å²) in [6.45, 7) is 0.338. The highest BCUT2D eigenvalue weighted by Gasteiger charge is 2.16. The average Bonchev–Trinajstić information content (AvgIpc) is 3.26. The zero-order valence-electron chi connectivity index (χ0n) is 16.5. The minimum absolute atomic E-state index is 0.0654. The van der Waals surface area contributed by atoms with Crippen molar-refractivity contribution in [2.24, 2.45) is 5.73 Å². The predicted molar refractivity (Wildman–Crippen MR) is 117 cm³/mol. The monoisotopic (exact) mass is 411 g/mol. The third-order valence-corrected chi connectivity index (χ3v) is 5.55. The molecule has 4 N–H and O–H groups in total. The number of aromatic nitrogens is 1. The van der Waals surface area contributed by atoms with Crippen LogP contribution in [0.15, 0.2) is 72.4 Å². The Balaban J connectivity index is 1.52. The van der Waals surface area contributed by atoms with Crippen LogP contribution in [0, 0.1) is 0 Å². The van der Waals surface area contributed by atoms with E-state index in [1.807, 2.05) is 36.4 Å². The largest absolute Gasteiger partial charge is 0.356 e. The molecule has 6 heteroatoms. The lowest BCUT2D eigenvalue weighted by Gasteiger charge is -2.24. The molecule has 5 nitrogen and oxygen atoms in total. The molecule has 29 heavy (non-hydrogen) atoms. The maximum Gasteiger partial charge on any atom is 0.214 e. The van der Waals surface area contributed by atoms with Gasteiger partial charge in [0.25, 0.3) is 0 Å². The molecule has 0 fully saturated rings. The van der Waals surface area contributed by atoms with Crippen LogP contribution >= 0.6 is 11.3 Å². The molecule has 0 aliphatic carbocycles. The summed E-state index contributed by atoms with van der Waals surface area (Å²) < 4.78 is 5.54. The van der Waals surface area contributed by atoms with Crippen molar-refractivity contribution >= 4 is 11.3 Å². The standard InChI is InChI=1S/C23H29N3O2S/c24-20(13-18-7-3-1-4-8-18)11-12-21(14-19-9-5-2-6-10-19)26-23(27)28-16-22-15-25-17-29-22/h1-10,15,17,20-21,23,26-27H,11-14,16,24H2/t20-,21-,23?/m0/s1. The first-order valence-corrected chi connectivity index (χ1v) is 10.8. The number of hydrogen-bond acceptors (Lipinski definition) is 6. The first-order chi connectivity index (χ1) is 14.2. The van der Waals surface area contributed by atoms with E-state index in [0.29, 0.717) is 6.61 Å². The van der Waals surface area contributed by atoms with Gasteiger partial charge < -0.3 is 15.6 Å². The molecule has 0 saturated carbocycles. The first-order valence-electron chi connectivity index (χ1n) is 9.95. The number of rotatable bonds is 12. The van der Waals surface area contributed by atoms with Crippen LogP contribution in [0.5, 0.6) is 0 Å². The van der Waals surface area contributed by atoms with E-state index in [4.69, 9.17) is 10.5 Å². The molecular formula is C23H29N3O2S. The first kappa shape index (κ1) is 21.6. The fraction of sp³-hybridized carbons (Fsp3) is 0.348. The van der Waals surface area contributed by atoms with Gasteiger partial charge in [-0.3, -0.25) is 10.3 Å². The van der Waals surface area contributed by atoms with E-state index >= 15 is 0 Å². The highest BCUT2D eigenvalue weighted by atomic mass is 32.1. The van der Waals surface area contributed by atoms with Crippen molar-refractivity contribution in [1.29, 1.82) is 0 Å².